The lowest BCUT2D eigenvalue weighted by molar-refractivity contribution is 0.0973. The minimum atomic E-state index is -0.404. The number of fused-ring (bicyclic) bond motifs is 2. The quantitative estimate of drug-likeness (QED) is 0.530. The van der Waals surface area contributed by atoms with Gasteiger partial charge in [-0.25, -0.2) is 0 Å². The first-order valence-corrected chi connectivity index (χ1v) is 9.02. The lowest BCUT2D eigenvalue weighted by Gasteiger charge is -2.00. The number of amides is 1. The molecule has 1 amide bonds. The Kier molecular flexibility index (Phi) is 3.92. The van der Waals surface area contributed by atoms with E-state index >= 15 is 0 Å². The van der Waals surface area contributed by atoms with Crippen molar-refractivity contribution in [1.82, 2.24) is 4.57 Å². The monoisotopic (exact) mass is 366 g/mol. The van der Waals surface area contributed by atoms with E-state index < -0.39 is 5.91 Å². The fourth-order valence-electron chi connectivity index (χ4n) is 2.93. The maximum atomic E-state index is 12.6. The van der Waals surface area contributed by atoms with Gasteiger partial charge in [0.25, 0.3) is 0 Å². The number of methoxy groups -OCH3 is 1. The molecule has 5 nitrogen and oxygen atoms in total. The predicted molar refractivity (Wildman–Crippen MR) is 103 cm³/mol. The Hall–Kier alpha value is -2.86. The molecular weight excluding hydrogens is 348 g/mol. The molecule has 0 fully saturated rings. The molecule has 2 heterocycles. The van der Waals surface area contributed by atoms with Crippen LogP contribution in [0.2, 0.25) is 0 Å². The number of aryl methyl sites for hydroxylation is 3. The maximum absolute atomic E-state index is 12.6. The van der Waals surface area contributed by atoms with Crippen LogP contribution < -0.4 is 9.54 Å². The fourth-order valence-corrected chi connectivity index (χ4v) is 4.03. The van der Waals surface area contributed by atoms with Crippen LogP contribution in [-0.4, -0.2) is 17.6 Å². The predicted octanol–water partition coefficient (Wildman–Crippen LogP) is 4.35. The van der Waals surface area contributed by atoms with E-state index in [0.717, 1.165) is 15.6 Å². The first-order chi connectivity index (χ1) is 12.5. The standard InChI is InChI=1S/C20H18N2O3S/c1-11-8-14-17(9-12(11)2)26-20(22(14)3)21-19(23)16-10-13-6-5-7-15(24-4)18(13)25-16/h5-10H,1-4H3. The molecule has 132 valence electrons. The Morgan fingerprint density at radius 3 is 2.73 bits per heavy atom. The molecule has 26 heavy (non-hydrogen) atoms. The average Bonchev–Trinajstić information content (AvgIpc) is 3.18. The van der Waals surface area contributed by atoms with Crippen molar-refractivity contribution in [2.24, 2.45) is 12.0 Å². The summed E-state index contributed by atoms with van der Waals surface area (Å²) in [6, 6.07) is 11.5. The highest BCUT2D eigenvalue weighted by Gasteiger charge is 2.15. The highest BCUT2D eigenvalue weighted by atomic mass is 32.1. The maximum Gasteiger partial charge on any atom is 0.315 e. The van der Waals surface area contributed by atoms with Crippen molar-refractivity contribution in [3.63, 3.8) is 0 Å². The van der Waals surface area contributed by atoms with Gasteiger partial charge in [0, 0.05) is 12.4 Å². The molecule has 0 N–H and O–H groups in total. The summed E-state index contributed by atoms with van der Waals surface area (Å²) in [6.07, 6.45) is 0. The number of hydrogen-bond acceptors (Lipinski definition) is 4. The molecule has 6 heteroatoms. The van der Waals surface area contributed by atoms with Crippen LogP contribution in [0.1, 0.15) is 21.7 Å². The molecular formula is C20H18N2O3S. The summed E-state index contributed by atoms with van der Waals surface area (Å²) in [6.45, 7) is 4.16. The third-order valence-electron chi connectivity index (χ3n) is 4.56. The van der Waals surface area contributed by atoms with Crippen molar-refractivity contribution in [1.29, 1.82) is 0 Å². The molecule has 0 bridgehead atoms. The normalized spacial score (nSPS) is 12.2. The van der Waals surface area contributed by atoms with Gasteiger partial charge in [0.1, 0.15) is 0 Å². The van der Waals surface area contributed by atoms with E-state index in [1.807, 2.05) is 23.7 Å². The average molecular weight is 366 g/mol. The lowest BCUT2D eigenvalue weighted by atomic mass is 10.1. The molecule has 0 unspecified atom stereocenters. The van der Waals surface area contributed by atoms with Crippen LogP contribution in [0.25, 0.3) is 21.2 Å². The first kappa shape index (κ1) is 16.6. The number of carbonyl (C=O) groups excluding carboxylic acids is 1. The van der Waals surface area contributed by atoms with Gasteiger partial charge in [0.05, 0.1) is 17.3 Å². The molecule has 0 atom stereocenters. The van der Waals surface area contributed by atoms with Crippen molar-refractivity contribution in [2.45, 2.75) is 13.8 Å². The number of nitrogens with zero attached hydrogens (tertiary/aromatic N) is 2. The smallest absolute Gasteiger partial charge is 0.315 e. The van der Waals surface area contributed by atoms with Gasteiger partial charge in [-0.05, 0) is 49.2 Å². The van der Waals surface area contributed by atoms with E-state index in [4.69, 9.17) is 9.15 Å². The van der Waals surface area contributed by atoms with Crippen LogP contribution >= 0.6 is 11.3 Å². The number of ether oxygens (including phenoxy) is 1. The number of para-hydroxylation sites is 1. The van der Waals surface area contributed by atoms with Crippen molar-refractivity contribution >= 4 is 38.4 Å². The van der Waals surface area contributed by atoms with Crippen molar-refractivity contribution < 1.29 is 13.9 Å². The van der Waals surface area contributed by atoms with Crippen molar-refractivity contribution in [3.8, 4) is 5.75 Å². The molecule has 2 aromatic heterocycles. The number of hydrogen-bond donors (Lipinski definition) is 0. The van der Waals surface area contributed by atoms with E-state index in [1.54, 1.807) is 19.2 Å². The molecule has 0 aliphatic heterocycles. The Morgan fingerprint density at radius 1 is 1.19 bits per heavy atom. The third-order valence-corrected chi connectivity index (χ3v) is 5.66. The Balaban J connectivity index is 1.82. The van der Waals surface area contributed by atoms with Crippen LogP contribution in [0, 0.1) is 13.8 Å². The molecule has 0 radical (unpaired) electrons. The zero-order valence-electron chi connectivity index (χ0n) is 15.0. The summed E-state index contributed by atoms with van der Waals surface area (Å²) < 4.78 is 14.0. The van der Waals surface area contributed by atoms with Crippen molar-refractivity contribution in [3.05, 3.63) is 58.1 Å². The van der Waals surface area contributed by atoms with Crippen LogP contribution in [-0.2, 0) is 7.05 Å². The van der Waals surface area contributed by atoms with Crippen LogP contribution in [0.4, 0.5) is 0 Å². The van der Waals surface area contributed by atoms with Gasteiger partial charge in [-0.2, -0.15) is 4.99 Å². The summed E-state index contributed by atoms with van der Waals surface area (Å²) >= 11 is 1.49. The van der Waals surface area contributed by atoms with Gasteiger partial charge in [0.15, 0.2) is 21.9 Å². The van der Waals surface area contributed by atoms with E-state index in [-0.39, 0.29) is 5.76 Å². The van der Waals surface area contributed by atoms with Crippen LogP contribution in [0.3, 0.4) is 0 Å². The molecule has 0 aliphatic rings. The first-order valence-electron chi connectivity index (χ1n) is 8.20. The largest absolute Gasteiger partial charge is 0.493 e. The highest BCUT2D eigenvalue weighted by molar-refractivity contribution is 7.16. The second-order valence-corrected chi connectivity index (χ2v) is 7.26. The zero-order valence-corrected chi connectivity index (χ0v) is 15.8. The SMILES string of the molecule is COc1cccc2cc(C(=O)N=c3sc4cc(C)c(C)cc4n3C)oc12. The van der Waals surface area contributed by atoms with Gasteiger partial charge >= 0.3 is 5.91 Å². The number of benzene rings is 2. The number of rotatable bonds is 2. The van der Waals surface area contributed by atoms with Gasteiger partial charge in [-0.3, -0.25) is 4.79 Å². The summed E-state index contributed by atoms with van der Waals surface area (Å²) in [7, 11) is 3.49. The number of furan rings is 1. The molecule has 4 aromatic rings. The fraction of sp³-hybridized carbons (Fsp3) is 0.200. The van der Waals surface area contributed by atoms with Gasteiger partial charge in [-0.15, -0.1) is 0 Å². The molecule has 0 saturated carbocycles. The summed E-state index contributed by atoms with van der Waals surface area (Å²) in [5.41, 5.74) is 4.06. The van der Waals surface area contributed by atoms with Crippen LogP contribution in [0.15, 0.2) is 45.8 Å². The zero-order chi connectivity index (χ0) is 18.4. The minimum absolute atomic E-state index is 0.203. The molecule has 0 aliphatic carbocycles. The Morgan fingerprint density at radius 2 is 1.96 bits per heavy atom. The molecule has 0 saturated heterocycles. The molecule has 4 rings (SSSR count). The highest BCUT2D eigenvalue weighted by Crippen LogP contribution is 2.28. The molecule has 2 aromatic carbocycles. The van der Waals surface area contributed by atoms with Crippen LogP contribution in [0.5, 0.6) is 5.75 Å². The minimum Gasteiger partial charge on any atom is -0.493 e. The van der Waals surface area contributed by atoms with Gasteiger partial charge in [-0.1, -0.05) is 23.5 Å². The number of thiazole rings is 1. The molecule has 0 spiro atoms. The van der Waals surface area contributed by atoms with E-state index in [2.05, 4.69) is 31.0 Å². The summed E-state index contributed by atoms with van der Waals surface area (Å²) in [4.78, 5) is 17.6. The second kappa shape index (κ2) is 6.14. The van der Waals surface area contributed by atoms with E-state index in [0.29, 0.717) is 16.1 Å². The third kappa shape index (κ3) is 2.63. The lowest BCUT2D eigenvalue weighted by Crippen LogP contribution is -2.13. The summed E-state index contributed by atoms with van der Waals surface area (Å²) in [5, 5.41) is 0.815. The Bertz CT molecular complexity index is 1230. The second-order valence-electron chi connectivity index (χ2n) is 6.25. The van der Waals surface area contributed by atoms with Crippen molar-refractivity contribution in [2.75, 3.05) is 7.11 Å². The van der Waals surface area contributed by atoms with E-state index in [9.17, 15) is 4.79 Å². The number of carbonyl (C=O) groups is 1. The summed E-state index contributed by atoms with van der Waals surface area (Å²) in [5.74, 6) is 0.396. The topological polar surface area (TPSA) is 56.7 Å². The van der Waals surface area contributed by atoms with E-state index in [1.165, 1.54) is 22.5 Å². The number of aromatic nitrogens is 1. The van der Waals surface area contributed by atoms with Gasteiger partial charge in [0.2, 0.25) is 0 Å². The Labute approximate surface area is 154 Å². The van der Waals surface area contributed by atoms with Gasteiger partial charge < -0.3 is 13.7 Å².